The molecule has 0 unspecified atom stereocenters. The van der Waals surface area contributed by atoms with E-state index in [1.165, 1.54) is 17.1 Å². The van der Waals surface area contributed by atoms with Crippen molar-refractivity contribution in [2.45, 2.75) is 19.8 Å². The number of nitrogens with one attached hydrogen (secondary N) is 1. The van der Waals surface area contributed by atoms with Crippen molar-refractivity contribution in [1.29, 1.82) is 0 Å². The second-order valence-corrected chi connectivity index (χ2v) is 6.24. The monoisotopic (exact) mass is 393 g/mol. The minimum Gasteiger partial charge on any atom is -0.493 e. The van der Waals surface area contributed by atoms with E-state index in [1.54, 1.807) is 25.3 Å². The van der Waals surface area contributed by atoms with Gasteiger partial charge in [-0.2, -0.15) is 0 Å². The summed E-state index contributed by atoms with van der Waals surface area (Å²) in [6.07, 6.45) is 6.73. The molecule has 0 spiro atoms. The summed E-state index contributed by atoms with van der Waals surface area (Å²) in [7, 11) is 1.60. The number of anilines is 1. The zero-order valence-corrected chi connectivity index (χ0v) is 16.4. The molecule has 0 atom stereocenters. The third-order valence-corrected chi connectivity index (χ3v) is 4.10. The molecular formula is C21H23N5O3. The van der Waals surface area contributed by atoms with E-state index >= 15 is 0 Å². The lowest BCUT2D eigenvalue weighted by molar-refractivity contribution is -0.111. The molecule has 0 saturated heterocycles. The van der Waals surface area contributed by atoms with Crippen LogP contribution in [0.1, 0.15) is 25.3 Å². The van der Waals surface area contributed by atoms with Crippen LogP contribution in [0.4, 0.5) is 5.69 Å². The lowest BCUT2D eigenvalue weighted by Crippen LogP contribution is -2.08. The Morgan fingerprint density at radius 1 is 1.21 bits per heavy atom. The predicted molar refractivity (Wildman–Crippen MR) is 110 cm³/mol. The number of carbonyl (C=O) groups is 1. The molecular weight excluding hydrogens is 370 g/mol. The molecule has 2 aromatic carbocycles. The van der Waals surface area contributed by atoms with Gasteiger partial charge in [-0.05, 0) is 58.8 Å². The van der Waals surface area contributed by atoms with Crippen LogP contribution in [0.15, 0.2) is 54.9 Å². The SMILES string of the molecule is CCCCOc1ccc(/C=C/C(=O)Nc2cccc(-n3cnnn3)c2)cc1OC. The van der Waals surface area contributed by atoms with Gasteiger partial charge < -0.3 is 14.8 Å². The lowest BCUT2D eigenvalue weighted by atomic mass is 10.2. The third kappa shape index (κ3) is 5.65. The third-order valence-electron chi connectivity index (χ3n) is 4.10. The first-order valence-corrected chi connectivity index (χ1v) is 9.33. The topological polar surface area (TPSA) is 91.2 Å². The van der Waals surface area contributed by atoms with Crippen molar-refractivity contribution in [3.63, 3.8) is 0 Å². The van der Waals surface area contributed by atoms with Gasteiger partial charge in [-0.1, -0.05) is 25.5 Å². The van der Waals surface area contributed by atoms with Crippen LogP contribution >= 0.6 is 0 Å². The summed E-state index contributed by atoms with van der Waals surface area (Å²) in [5.41, 5.74) is 2.23. The van der Waals surface area contributed by atoms with Crippen LogP contribution in [-0.2, 0) is 4.79 Å². The number of unbranched alkanes of at least 4 members (excludes halogenated alkanes) is 1. The van der Waals surface area contributed by atoms with E-state index in [0.717, 1.165) is 24.1 Å². The molecule has 0 aliphatic heterocycles. The largest absolute Gasteiger partial charge is 0.493 e. The zero-order chi connectivity index (χ0) is 20.5. The number of aromatic nitrogens is 4. The van der Waals surface area contributed by atoms with Gasteiger partial charge >= 0.3 is 0 Å². The fourth-order valence-electron chi connectivity index (χ4n) is 2.60. The smallest absolute Gasteiger partial charge is 0.248 e. The zero-order valence-electron chi connectivity index (χ0n) is 16.4. The second kappa shape index (κ2) is 10.0. The Morgan fingerprint density at radius 3 is 2.86 bits per heavy atom. The molecule has 0 radical (unpaired) electrons. The minimum atomic E-state index is -0.249. The molecule has 3 aromatic rings. The maximum absolute atomic E-state index is 12.3. The Hall–Kier alpha value is -3.68. The van der Waals surface area contributed by atoms with Crippen molar-refractivity contribution in [1.82, 2.24) is 20.2 Å². The number of carbonyl (C=O) groups excluding carboxylic acids is 1. The average molecular weight is 393 g/mol. The number of amides is 1. The first-order chi connectivity index (χ1) is 14.2. The normalized spacial score (nSPS) is 10.8. The Kier molecular flexibility index (Phi) is 6.94. The number of hydrogen-bond acceptors (Lipinski definition) is 6. The van der Waals surface area contributed by atoms with Gasteiger partial charge in [0.05, 0.1) is 19.4 Å². The Balaban J connectivity index is 1.64. The van der Waals surface area contributed by atoms with Crippen LogP contribution < -0.4 is 14.8 Å². The van der Waals surface area contributed by atoms with Crippen LogP contribution in [0.3, 0.4) is 0 Å². The van der Waals surface area contributed by atoms with E-state index in [4.69, 9.17) is 9.47 Å². The summed E-state index contributed by atoms with van der Waals surface area (Å²) in [6, 6.07) is 12.8. The molecule has 1 heterocycles. The summed E-state index contributed by atoms with van der Waals surface area (Å²) < 4.78 is 12.6. The molecule has 0 aliphatic carbocycles. The van der Waals surface area contributed by atoms with Gasteiger partial charge in [-0.25, -0.2) is 4.68 Å². The highest BCUT2D eigenvalue weighted by Gasteiger charge is 2.06. The number of hydrogen-bond donors (Lipinski definition) is 1. The van der Waals surface area contributed by atoms with Crippen LogP contribution in [0.25, 0.3) is 11.8 Å². The number of tetrazole rings is 1. The molecule has 29 heavy (non-hydrogen) atoms. The van der Waals surface area contributed by atoms with Gasteiger partial charge in [-0.3, -0.25) is 4.79 Å². The number of benzene rings is 2. The quantitative estimate of drug-likeness (QED) is 0.442. The maximum Gasteiger partial charge on any atom is 0.248 e. The van der Waals surface area contributed by atoms with Gasteiger partial charge in [0, 0.05) is 11.8 Å². The van der Waals surface area contributed by atoms with E-state index in [-0.39, 0.29) is 5.91 Å². The highest BCUT2D eigenvalue weighted by atomic mass is 16.5. The molecule has 0 bridgehead atoms. The molecule has 0 aliphatic rings. The van der Waals surface area contributed by atoms with Gasteiger partial charge in [0.15, 0.2) is 11.5 Å². The molecule has 8 heteroatoms. The molecule has 0 fully saturated rings. The molecule has 0 saturated carbocycles. The predicted octanol–water partition coefficient (Wildman–Crippen LogP) is 3.50. The number of methoxy groups -OCH3 is 1. The van der Waals surface area contributed by atoms with Crippen LogP contribution in [-0.4, -0.2) is 39.8 Å². The Bertz CT molecular complexity index is 970. The van der Waals surface area contributed by atoms with Crippen LogP contribution in [0.5, 0.6) is 11.5 Å². The van der Waals surface area contributed by atoms with E-state index in [9.17, 15) is 4.79 Å². The second-order valence-electron chi connectivity index (χ2n) is 6.24. The van der Waals surface area contributed by atoms with Crippen molar-refractivity contribution in [3.05, 3.63) is 60.4 Å². The van der Waals surface area contributed by atoms with E-state index in [2.05, 4.69) is 27.8 Å². The average Bonchev–Trinajstić information content (AvgIpc) is 3.28. The summed E-state index contributed by atoms with van der Waals surface area (Å²) >= 11 is 0. The number of nitrogens with zero attached hydrogens (tertiary/aromatic N) is 4. The van der Waals surface area contributed by atoms with Crippen molar-refractivity contribution in [2.75, 3.05) is 19.0 Å². The van der Waals surface area contributed by atoms with Gasteiger partial charge in [0.25, 0.3) is 0 Å². The fraction of sp³-hybridized carbons (Fsp3) is 0.238. The van der Waals surface area contributed by atoms with E-state index in [0.29, 0.717) is 23.8 Å². The first kappa shape index (κ1) is 20.1. The fourth-order valence-corrected chi connectivity index (χ4v) is 2.60. The maximum atomic E-state index is 12.3. The van der Waals surface area contributed by atoms with Gasteiger partial charge in [0.2, 0.25) is 5.91 Å². The molecule has 3 rings (SSSR count). The lowest BCUT2D eigenvalue weighted by Gasteiger charge is -2.11. The van der Waals surface area contributed by atoms with E-state index < -0.39 is 0 Å². The summed E-state index contributed by atoms with van der Waals surface area (Å²) in [5.74, 6) is 1.08. The molecule has 150 valence electrons. The van der Waals surface area contributed by atoms with Crippen LogP contribution in [0.2, 0.25) is 0 Å². The van der Waals surface area contributed by atoms with Crippen molar-refractivity contribution in [2.24, 2.45) is 0 Å². The summed E-state index contributed by atoms with van der Waals surface area (Å²) in [4.78, 5) is 12.3. The summed E-state index contributed by atoms with van der Waals surface area (Å²) in [5, 5.41) is 13.9. The van der Waals surface area contributed by atoms with Crippen molar-refractivity contribution < 1.29 is 14.3 Å². The van der Waals surface area contributed by atoms with Crippen molar-refractivity contribution >= 4 is 17.7 Å². The van der Waals surface area contributed by atoms with Gasteiger partial charge in [-0.15, -0.1) is 5.10 Å². The Labute approximate surface area is 169 Å². The molecule has 8 nitrogen and oxygen atoms in total. The standard InChI is InChI=1S/C21H23N5O3/c1-3-4-12-29-19-10-8-16(13-20(19)28-2)9-11-21(27)23-17-6-5-7-18(14-17)26-15-22-24-25-26/h5-11,13-15H,3-4,12H2,1-2H3,(H,23,27)/b11-9+. The van der Waals surface area contributed by atoms with Crippen LogP contribution in [0, 0.1) is 0 Å². The summed E-state index contributed by atoms with van der Waals surface area (Å²) in [6.45, 7) is 2.76. The Morgan fingerprint density at radius 2 is 2.10 bits per heavy atom. The molecule has 1 N–H and O–H groups in total. The van der Waals surface area contributed by atoms with Gasteiger partial charge in [0.1, 0.15) is 6.33 Å². The number of rotatable bonds is 9. The number of ether oxygens (including phenoxy) is 2. The minimum absolute atomic E-state index is 0.249. The highest BCUT2D eigenvalue weighted by Crippen LogP contribution is 2.28. The van der Waals surface area contributed by atoms with E-state index in [1.807, 2.05) is 30.3 Å². The van der Waals surface area contributed by atoms with Crippen molar-refractivity contribution in [3.8, 4) is 17.2 Å². The highest BCUT2D eigenvalue weighted by molar-refractivity contribution is 6.02. The molecule has 1 aromatic heterocycles. The molecule has 1 amide bonds. The first-order valence-electron chi connectivity index (χ1n) is 9.33.